The molecule has 24 heavy (non-hydrogen) atoms. The molecule has 0 bridgehead atoms. The van der Waals surface area contributed by atoms with Crippen LogP contribution < -0.4 is 5.32 Å². The Morgan fingerprint density at radius 1 is 1.17 bits per heavy atom. The van der Waals surface area contributed by atoms with E-state index in [-0.39, 0.29) is 11.1 Å². The van der Waals surface area contributed by atoms with E-state index in [1.807, 2.05) is 36.4 Å². The van der Waals surface area contributed by atoms with Crippen molar-refractivity contribution in [1.29, 1.82) is 5.26 Å². The highest BCUT2D eigenvalue weighted by Gasteiger charge is 2.21. The maximum absolute atomic E-state index is 12.5. The first kappa shape index (κ1) is 15.8. The van der Waals surface area contributed by atoms with Gasteiger partial charge in [0.2, 0.25) is 0 Å². The largest absolute Gasteiger partial charge is 0.322 e. The Balaban J connectivity index is 1.90. The average Bonchev–Trinajstić information content (AvgIpc) is 2.91. The van der Waals surface area contributed by atoms with Gasteiger partial charge in [0.1, 0.15) is 10.7 Å². The number of benzene rings is 2. The summed E-state index contributed by atoms with van der Waals surface area (Å²) in [4.78, 5) is 12.5. The molecule has 0 fully saturated rings. The van der Waals surface area contributed by atoms with E-state index in [4.69, 9.17) is 16.9 Å². The smallest absolute Gasteiger partial charge is 0.260 e. The fourth-order valence-corrected chi connectivity index (χ4v) is 2.68. The van der Waals surface area contributed by atoms with Gasteiger partial charge in [0.15, 0.2) is 0 Å². The van der Waals surface area contributed by atoms with Crippen molar-refractivity contribution >= 4 is 23.2 Å². The Morgan fingerprint density at radius 2 is 1.83 bits per heavy atom. The van der Waals surface area contributed by atoms with E-state index in [0.29, 0.717) is 22.5 Å². The van der Waals surface area contributed by atoms with Crippen LogP contribution in [0.25, 0.3) is 5.69 Å². The van der Waals surface area contributed by atoms with E-state index < -0.39 is 0 Å². The number of aromatic nitrogens is 2. The lowest BCUT2D eigenvalue weighted by atomic mass is 10.2. The number of aryl methyl sites for hydroxylation is 1. The fourth-order valence-electron chi connectivity index (χ4n) is 2.32. The van der Waals surface area contributed by atoms with Crippen molar-refractivity contribution in [3.8, 4) is 11.8 Å². The molecule has 2 aromatic carbocycles. The first-order chi connectivity index (χ1) is 11.6. The lowest BCUT2D eigenvalue weighted by Crippen LogP contribution is -2.13. The molecule has 0 atom stereocenters. The van der Waals surface area contributed by atoms with Crippen molar-refractivity contribution in [3.05, 3.63) is 76.6 Å². The summed E-state index contributed by atoms with van der Waals surface area (Å²) in [6.07, 6.45) is 0. The summed E-state index contributed by atoms with van der Waals surface area (Å²) in [6.45, 7) is 1.74. The molecule has 0 saturated heterocycles. The monoisotopic (exact) mass is 336 g/mol. The number of nitrogens with one attached hydrogen (secondary N) is 1. The van der Waals surface area contributed by atoms with Gasteiger partial charge in [0.25, 0.3) is 5.91 Å². The molecule has 0 saturated carbocycles. The molecular weight excluding hydrogens is 324 g/mol. The van der Waals surface area contributed by atoms with Crippen LogP contribution >= 0.6 is 11.6 Å². The molecule has 1 aromatic heterocycles. The van der Waals surface area contributed by atoms with Gasteiger partial charge in [-0.15, -0.1) is 0 Å². The van der Waals surface area contributed by atoms with Crippen LogP contribution in [0.3, 0.4) is 0 Å². The lowest BCUT2D eigenvalue weighted by Gasteiger charge is -2.06. The number of nitrogens with zero attached hydrogens (tertiary/aromatic N) is 3. The molecule has 0 aliphatic carbocycles. The zero-order valence-electron chi connectivity index (χ0n) is 12.8. The number of rotatable bonds is 3. The Bertz CT molecular complexity index is 924. The highest BCUT2D eigenvalue weighted by atomic mass is 35.5. The molecule has 0 aliphatic rings. The molecule has 5 nitrogen and oxygen atoms in total. The standard InChI is InChI=1S/C18H13ClN4O/c1-12-16(17(19)23(22-12)15-5-3-2-4-6-15)18(24)21-14-9-7-13(11-20)8-10-14/h2-10H,1H3,(H,21,24). The number of carbonyl (C=O) groups is 1. The van der Waals surface area contributed by atoms with Crippen LogP contribution in [-0.2, 0) is 0 Å². The lowest BCUT2D eigenvalue weighted by molar-refractivity contribution is 0.102. The minimum absolute atomic E-state index is 0.254. The maximum atomic E-state index is 12.5. The summed E-state index contributed by atoms with van der Waals surface area (Å²) in [7, 11) is 0. The summed E-state index contributed by atoms with van der Waals surface area (Å²) in [5.41, 5.74) is 2.75. The Morgan fingerprint density at radius 3 is 2.46 bits per heavy atom. The number of hydrogen-bond acceptors (Lipinski definition) is 3. The molecule has 1 N–H and O–H groups in total. The molecular formula is C18H13ClN4O. The molecule has 1 heterocycles. The second-order valence-electron chi connectivity index (χ2n) is 5.14. The molecule has 3 aromatic rings. The summed E-state index contributed by atoms with van der Waals surface area (Å²) in [5, 5.41) is 16.2. The summed E-state index contributed by atoms with van der Waals surface area (Å²) in [6, 6.07) is 18.0. The third-order valence-corrected chi connectivity index (χ3v) is 3.85. The van der Waals surface area contributed by atoms with Crippen LogP contribution in [0.1, 0.15) is 21.6 Å². The van der Waals surface area contributed by atoms with Gasteiger partial charge in [0, 0.05) is 5.69 Å². The molecule has 0 unspecified atom stereocenters. The van der Waals surface area contributed by atoms with Crippen molar-refractivity contribution in [2.24, 2.45) is 0 Å². The van der Waals surface area contributed by atoms with E-state index in [0.717, 1.165) is 5.69 Å². The van der Waals surface area contributed by atoms with Crippen LogP contribution in [0.2, 0.25) is 5.15 Å². The molecule has 6 heteroatoms. The van der Waals surface area contributed by atoms with E-state index in [1.54, 1.807) is 31.2 Å². The fraction of sp³-hybridized carbons (Fsp3) is 0.0556. The van der Waals surface area contributed by atoms with Gasteiger partial charge in [-0.05, 0) is 43.3 Å². The Hall–Kier alpha value is -3.10. The van der Waals surface area contributed by atoms with E-state index in [9.17, 15) is 4.79 Å². The van der Waals surface area contributed by atoms with Crippen LogP contribution in [0.4, 0.5) is 5.69 Å². The second-order valence-corrected chi connectivity index (χ2v) is 5.50. The van der Waals surface area contributed by atoms with E-state index in [1.165, 1.54) is 4.68 Å². The minimum atomic E-state index is -0.343. The molecule has 0 spiro atoms. The normalized spacial score (nSPS) is 10.2. The summed E-state index contributed by atoms with van der Waals surface area (Å²) in [5.74, 6) is -0.343. The van der Waals surface area contributed by atoms with Crippen LogP contribution in [0, 0.1) is 18.3 Å². The van der Waals surface area contributed by atoms with Gasteiger partial charge in [-0.1, -0.05) is 29.8 Å². The summed E-state index contributed by atoms with van der Waals surface area (Å²) >= 11 is 6.37. The van der Waals surface area contributed by atoms with Crippen LogP contribution in [0.15, 0.2) is 54.6 Å². The van der Waals surface area contributed by atoms with Gasteiger partial charge in [-0.25, -0.2) is 4.68 Å². The SMILES string of the molecule is Cc1nn(-c2ccccc2)c(Cl)c1C(=O)Nc1ccc(C#N)cc1. The topological polar surface area (TPSA) is 70.7 Å². The average molecular weight is 337 g/mol. The molecule has 0 radical (unpaired) electrons. The van der Waals surface area contributed by atoms with Gasteiger partial charge in [0.05, 0.1) is 23.0 Å². The first-order valence-electron chi connectivity index (χ1n) is 7.22. The zero-order chi connectivity index (χ0) is 17.1. The number of carbonyl (C=O) groups excluding carboxylic acids is 1. The molecule has 0 aliphatic heterocycles. The van der Waals surface area contributed by atoms with E-state index >= 15 is 0 Å². The number of amides is 1. The molecule has 3 rings (SSSR count). The van der Waals surface area contributed by atoms with Crippen molar-refractivity contribution in [2.45, 2.75) is 6.92 Å². The van der Waals surface area contributed by atoms with Crippen molar-refractivity contribution in [1.82, 2.24) is 9.78 Å². The third-order valence-electron chi connectivity index (χ3n) is 3.50. The number of anilines is 1. The van der Waals surface area contributed by atoms with Crippen LogP contribution in [0.5, 0.6) is 0 Å². The van der Waals surface area contributed by atoms with Crippen molar-refractivity contribution in [2.75, 3.05) is 5.32 Å². The maximum Gasteiger partial charge on any atom is 0.260 e. The highest BCUT2D eigenvalue weighted by molar-refractivity contribution is 6.34. The van der Waals surface area contributed by atoms with Gasteiger partial charge < -0.3 is 5.32 Å². The number of nitriles is 1. The Labute approximate surface area is 144 Å². The summed E-state index contributed by atoms with van der Waals surface area (Å²) < 4.78 is 1.53. The predicted molar refractivity (Wildman–Crippen MR) is 92.4 cm³/mol. The van der Waals surface area contributed by atoms with Crippen LogP contribution in [-0.4, -0.2) is 15.7 Å². The molecule has 118 valence electrons. The molecule has 1 amide bonds. The number of halogens is 1. The third kappa shape index (κ3) is 3.00. The first-order valence-corrected chi connectivity index (χ1v) is 7.60. The van der Waals surface area contributed by atoms with Gasteiger partial charge in [-0.3, -0.25) is 4.79 Å². The number of para-hydroxylation sites is 1. The second kappa shape index (κ2) is 6.57. The Kier molecular flexibility index (Phi) is 4.32. The quantitative estimate of drug-likeness (QED) is 0.787. The minimum Gasteiger partial charge on any atom is -0.322 e. The van der Waals surface area contributed by atoms with Crippen molar-refractivity contribution < 1.29 is 4.79 Å². The van der Waals surface area contributed by atoms with Gasteiger partial charge >= 0.3 is 0 Å². The zero-order valence-corrected chi connectivity index (χ0v) is 13.6. The highest BCUT2D eigenvalue weighted by Crippen LogP contribution is 2.24. The van der Waals surface area contributed by atoms with Gasteiger partial charge in [-0.2, -0.15) is 10.4 Å². The predicted octanol–water partition coefficient (Wildman–Crippen LogP) is 3.96. The number of hydrogen-bond donors (Lipinski definition) is 1. The van der Waals surface area contributed by atoms with Crippen molar-refractivity contribution in [3.63, 3.8) is 0 Å². The van der Waals surface area contributed by atoms with E-state index in [2.05, 4.69) is 10.4 Å².